The molecule has 0 bridgehead atoms. The Hall–Kier alpha value is -0.330. The molecule has 0 aliphatic carbocycles. The van der Waals surface area contributed by atoms with Crippen LogP contribution in [0.2, 0.25) is 0 Å². The van der Waals surface area contributed by atoms with E-state index in [1.807, 2.05) is 0 Å². The van der Waals surface area contributed by atoms with E-state index in [1.54, 1.807) is 0 Å². The maximum atomic E-state index is 12.4. The van der Waals surface area contributed by atoms with Crippen LogP contribution in [0.15, 0.2) is 0 Å². The summed E-state index contributed by atoms with van der Waals surface area (Å²) in [7, 11) is 0. The van der Waals surface area contributed by atoms with E-state index < -0.39 is 12.7 Å². The highest BCUT2D eigenvalue weighted by Gasteiger charge is 2.36. The summed E-state index contributed by atoms with van der Waals surface area (Å²) in [6.45, 7) is 7.31. The smallest absolute Gasteiger partial charge is 0.317 e. The van der Waals surface area contributed by atoms with Crippen molar-refractivity contribution in [3.05, 3.63) is 0 Å². The molecule has 21 heavy (non-hydrogen) atoms. The summed E-state index contributed by atoms with van der Waals surface area (Å²) < 4.78 is 37.2. The minimum atomic E-state index is -4.07. The molecule has 0 spiro atoms. The molecule has 3 nitrogen and oxygen atoms in total. The van der Waals surface area contributed by atoms with E-state index in [4.69, 9.17) is 0 Å². The standard InChI is InChI=1S/C15H28F3N3/c1-2-3-14(4-6-19-7-5-14)12-20-8-10-21(11-9-20)13-15(16,17)18/h19H,2-13H2,1H3. The second-order valence-electron chi connectivity index (χ2n) is 6.67. The second kappa shape index (κ2) is 7.29. The zero-order chi connectivity index (χ0) is 15.3. The van der Waals surface area contributed by atoms with Crippen LogP contribution in [0, 0.1) is 5.41 Å². The average Bonchev–Trinajstić information content (AvgIpc) is 2.41. The fourth-order valence-corrected chi connectivity index (χ4v) is 3.81. The number of rotatable bonds is 5. The Morgan fingerprint density at radius 2 is 1.57 bits per heavy atom. The molecule has 2 aliphatic heterocycles. The summed E-state index contributed by atoms with van der Waals surface area (Å²) >= 11 is 0. The van der Waals surface area contributed by atoms with Gasteiger partial charge in [0.05, 0.1) is 6.54 Å². The van der Waals surface area contributed by atoms with Crippen molar-refractivity contribution in [1.82, 2.24) is 15.1 Å². The lowest BCUT2D eigenvalue weighted by molar-refractivity contribution is -0.149. The molecule has 124 valence electrons. The molecule has 0 atom stereocenters. The maximum Gasteiger partial charge on any atom is 0.401 e. The molecule has 0 aromatic carbocycles. The predicted molar refractivity (Wildman–Crippen MR) is 78.4 cm³/mol. The third-order valence-electron chi connectivity index (χ3n) is 4.87. The number of hydrogen-bond donors (Lipinski definition) is 1. The minimum absolute atomic E-state index is 0.381. The number of nitrogens with one attached hydrogen (secondary N) is 1. The van der Waals surface area contributed by atoms with Crippen LogP contribution in [0.3, 0.4) is 0 Å². The van der Waals surface area contributed by atoms with E-state index in [9.17, 15) is 13.2 Å². The molecule has 0 saturated carbocycles. The van der Waals surface area contributed by atoms with Crippen molar-refractivity contribution in [3.63, 3.8) is 0 Å². The van der Waals surface area contributed by atoms with Crippen LogP contribution >= 0.6 is 0 Å². The van der Waals surface area contributed by atoms with Gasteiger partial charge in [0.1, 0.15) is 0 Å². The Bertz CT molecular complexity index is 300. The number of alkyl halides is 3. The van der Waals surface area contributed by atoms with Gasteiger partial charge in [0, 0.05) is 32.7 Å². The van der Waals surface area contributed by atoms with Gasteiger partial charge in [-0.25, -0.2) is 0 Å². The highest BCUT2D eigenvalue weighted by molar-refractivity contribution is 4.88. The zero-order valence-corrected chi connectivity index (χ0v) is 13.0. The van der Waals surface area contributed by atoms with Gasteiger partial charge in [-0.05, 0) is 37.8 Å². The summed E-state index contributed by atoms with van der Waals surface area (Å²) in [6, 6.07) is 0. The molecular weight excluding hydrogens is 279 g/mol. The molecular formula is C15H28F3N3. The first-order chi connectivity index (χ1) is 9.92. The number of piperidine rings is 1. The van der Waals surface area contributed by atoms with Gasteiger partial charge in [0.2, 0.25) is 0 Å². The number of piperazine rings is 1. The first-order valence-electron chi connectivity index (χ1n) is 8.15. The highest BCUT2D eigenvalue weighted by atomic mass is 19.4. The van der Waals surface area contributed by atoms with Crippen LogP contribution in [0.4, 0.5) is 13.2 Å². The molecule has 0 aromatic rings. The molecule has 2 saturated heterocycles. The Labute approximate surface area is 125 Å². The Kier molecular flexibility index (Phi) is 5.91. The SMILES string of the molecule is CCCC1(CN2CCN(CC(F)(F)F)CC2)CCNCC1. The summed E-state index contributed by atoms with van der Waals surface area (Å²) in [6.07, 6.45) is 0.749. The molecule has 1 N–H and O–H groups in total. The Morgan fingerprint density at radius 1 is 1.00 bits per heavy atom. The lowest BCUT2D eigenvalue weighted by Gasteiger charge is -2.44. The molecule has 2 heterocycles. The van der Waals surface area contributed by atoms with E-state index in [2.05, 4.69) is 17.1 Å². The summed E-state index contributed by atoms with van der Waals surface area (Å²) in [4.78, 5) is 3.92. The molecule has 6 heteroatoms. The largest absolute Gasteiger partial charge is 0.401 e. The van der Waals surface area contributed by atoms with Crippen LogP contribution in [-0.2, 0) is 0 Å². The van der Waals surface area contributed by atoms with Crippen molar-refractivity contribution in [2.75, 3.05) is 52.4 Å². The summed E-state index contributed by atoms with van der Waals surface area (Å²) in [5.74, 6) is 0. The molecule has 2 fully saturated rings. The topological polar surface area (TPSA) is 18.5 Å². The van der Waals surface area contributed by atoms with Gasteiger partial charge < -0.3 is 10.2 Å². The molecule has 2 rings (SSSR count). The quantitative estimate of drug-likeness (QED) is 0.841. The van der Waals surface area contributed by atoms with Gasteiger partial charge in [-0.2, -0.15) is 13.2 Å². The summed E-state index contributed by atoms with van der Waals surface area (Å²) in [5.41, 5.74) is 0.381. The fraction of sp³-hybridized carbons (Fsp3) is 1.00. The van der Waals surface area contributed by atoms with E-state index >= 15 is 0 Å². The third-order valence-corrected chi connectivity index (χ3v) is 4.87. The molecule has 0 aromatic heterocycles. The summed E-state index contributed by atoms with van der Waals surface area (Å²) in [5, 5.41) is 3.42. The predicted octanol–water partition coefficient (Wildman–Crippen LogP) is 2.34. The van der Waals surface area contributed by atoms with Gasteiger partial charge in [-0.3, -0.25) is 4.90 Å². The van der Waals surface area contributed by atoms with Gasteiger partial charge in [-0.15, -0.1) is 0 Å². The number of nitrogens with zero attached hydrogens (tertiary/aromatic N) is 2. The molecule has 0 radical (unpaired) electrons. The van der Waals surface area contributed by atoms with Gasteiger partial charge in [0.15, 0.2) is 0 Å². The monoisotopic (exact) mass is 307 g/mol. The fourth-order valence-electron chi connectivity index (χ4n) is 3.81. The van der Waals surface area contributed by atoms with Crippen molar-refractivity contribution in [2.24, 2.45) is 5.41 Å². The Balaban J connectivity index is 1.81. The van der Waals surface area contributed by atoms with Gasteiger partial charge >= 0.3 is 6.18 Å². The average molecular weight is 307 g/mol. The Morgan fingerprint density at radius 3 is 2.10 bits per heavy atom. The van der Waals surface area contributed by atoms with Crippen LogP contribution in [0.5, 0.6) is 0 Å². The van der Waals surface area contributed by atoms with E-state index in [-0.39, 0.29) is 0 Å². The van der Waals surface area contributed by atoms with Gasteiger partial charge in [0.25, 0.3) is 0 Å². The number of halogens is 3. The molecule has 2 aliphatic rings. The van der Waals surface area contributed by atoms with E-state index in [1.165, 1.54) is 30.6 Å². The first-order valence-corrected chi connectivity index (χ1v) is 8.15. The third kappa shape index (κ3) is 5.42. The second-order valence-corrected chi connectivity index (χ2v) is 6.67. The maximum absolute atomic E-state index is 12.4. The van der Waals surface area contributed by atoms with Gasteiger partial charge in [-0.1, -0.05) is 13.3 Å². The van der Waals surface area contributed by atoms with Crippen molar-refractivity contribution < 1.29 is 13.2 Å². The highest BCUT2D eigenvalue weighted by Crippen LogP contribution is 2.35. The van der Waals surface area contributed by atoms with Crippen LogP contribution in [0.1, 0.15) is 32.6 Å². The number of hydrogen-bond acceptors (Lipinski definition) is 3. The normalized spacial score (nSPS) is 25.1. The minimum Gasteiger partial charge on any atom is -0.317 e. The molecule has 0 amide bonds. The van der Waals surface area contributed by atoms with Crippen molar-refractivity contribution >= 4 is 0 Å². The van der Waals surface area contributed by atoms with Crippen molar-refractivity contribution in [3.8, 4) is 0 Å². The van der Waals surface area contributed by atoms with Crippen LogP contribution in [0.25, 0.3) is 0 Å². The van der Waals surface area contributed by atoms with Crippen LogP contribution in [-0.4, -0.2) is 68.3 Å². The van der Waals surface area contributed by atoms with Crippen molar-refractivity contribution in [2.45, 2.75) is 38.8 Å². The molecule has 0 unspecified atom stereocenters. The lowest BCUT2D eigenvalue weighted by Crippen LogP contribution is -2.53. The first kappa shape index (κ1) is 17.0. The van der Waals surface area contributed by atoms with Crippen molar-refractivity contribution in [1.29, 1.82) is 0 Å². The van der Waals surface area contributed by atoms with Crippen LogP contribution < -0.4 is 5.32 Å². The van der Waals surface area contributed by atoms with E-state index in [0.29, 0.717) is 18.5 Å². The lowest BCUT2D eigenvalue weighted by atomic mass is 9.75. The van der Waals surface area contributed by atoms with E-state index in [0.717, 1.165) is 32.7 Å². The zero-order valence-electron chi connectivity index (χ0n) is 13.0.